The predicted molar refractivity (Wildman–Crippen MR) is 86.1 cm³/mol. The Morgan fingerprint density at radius 2 is 2.19 bits per heavy atom. The highest BCUT2D eigenvalue weighted by atomic mass is 32.2. The van der Waals surface area contributed by atoms with Crippen molar-refractivity contribution in [2.45, 2.75) is 25.8 Å². The van der Waals surface area contributed by atoms with Crippen molar-refractivity contribution in [1.82, 2.24) is 14.3 Å². The number of thiophene rings is 1. The molecular formula is C12H15N3O3S3. The molecule has 2 heterocycles. The maximum Gasteiger partial charge on any atom is 0.263 e. The number of hydrogen-bond acceptors (Lipinski definition) is 5. The van der Waals surface area contributed by atoms with Gasteiger partial charge in [0.1, 0.15) is 4.83 Å². The Bertz CT molecular complexity index is 921. The lowest BCUT2D eigenvalue weighted by molar-refractivity contribution is 0.574. The largest absolute Gasteiger partial charge is 0.323 e. The molecule has 0 unspecified atom stereocenters. The van der Waals surface area contributed by atoms with Crippen molar-refractivity contribution >= 4 is 43.8 Å². The van der Waals surface area contributed by atoms with Gasteiger partial charge in [-0.3, -0.25) is 9.36 Å². The normalized spacial score (nSPS) is 14.7. The minimum Gasteiger partial charge on any atom is -0.323 e. The summed E-state index contributed by atoms with van der Waals surface area (Å²) in [5.41, 5.74) is 1.01. The summed E-state index contributed by atoms with van der Waals surface area (Å²) < 4.78 is 26.3. The van der Waals surface area contributed by atoms with Gasteiger partial charge in [-0.2, -0.15) is 0 Å². The Kier molecular flexibility index (Phi) is 3.76. The molecule has 0 saturated heterocycles. The molecule has 6 nitrogen and oxygen atoms in total. The van der Waals surface area contributed by atoms with Gasteiger partial charge in [0, 0.05) is 18.0 Å². The first-order valence-electron chi connectivity index (χ1n) is 6.59. The van der Waals surface area contributed by atoms with Crippen LogP contribution < -0.4 is 10.3 Å². The summed E-state index contributed by atoms with van der Waals surface area (Å²) in [6.45, 7) is 0.371. The smallest absolute Gasteiger partial charge is 0.263 e. The second-order valence-electron chi connectivity index (χ2n) is 5.11. The quantitative estimate of drug-likeness (QED) is 0.815. The van der Waals surface area contributed by atoms with Gasteiger partial charge in [-0.1, -0.05) is 0 Å². The number of nitrogens with zero attached hydrogens (tertiary/aromatic N) is 1. The van der Waals surface area contributed by atoms with E-state index in [1.54, 1.807) is 11.3 Å². The fourth-order valence-corrected chi connectivity index (χ4v) is 4.74. The van der Waals surface area contributed by atoms with E-state index in [4.69, 9.17) is 12.2 Å². The Labute approximate surface area is 130 Å². The zero-order chi connectivity index (χ0) is 15.2. The standard InChI is InChI=1S/C12H15N3O3S3/c1-21(17,18)13-5-6-15-11(16)9-7-3-2-4-8(7)20-10(9)14-12(15)19/h13H,2-6H2,1H3,(H,14,19). The second-order valence-corrected chi connectivity index (χ2v) is 8.44. The number of hydrogen-bond donors (Lipinski definition) is 2. The monoisotopic (exact) mass is 345 g/mol. The SMILES string of the molecule is CS(=O)(=O)NCCn1c(=S)[nH]c2sc3c(c2c1=O)CCC3. The van der Waals surface area contributed by atoms with Gasteiger partial charge in [0.15, 0.2) is 4.77 Å². The lowest BCUT2D eigenvalue weighted by atomic mass is 10.2. The number of aromatic nitrogens is 2. The van der Waals surface area contributed by atoms with Gasteiger partial charge in [-0.25, -0.2) is 13.1 Å². The fraction of sp³-hybridized carbons (Fsp3) is 0.500. The first-order valence-corrected chi connectivity index (χ1v) is 9.70. The molecule has 0 atom stereocenters. The maximum atomic E-state index is 12.6. The van der Waals surface area contributed by atoms with Crippen LogP contribution in [0.3, 0.4) is 0 Å². The molecule has 9 heteroatoms. The molecule has 2 aromatic heterocycles. The van der Waals surface area contributed by atoms with E-state index in [0.29, 0.717) is 4.77 Å². The van der Waals surface area contributed by atoms with Crippen molar-refractivity contribution in [3.05, 3.63) is 25.6 Å². The van der Waals surface area contributed by atoms with Crippen LogP contribution in [-0.2, 0) is 29.4 Å². The third kappa shape index (κ3) is 2.83. The number of rotatable bonds is 4. The van der Waals surface area contributed by atoms with Crippen LogP contribution in [0.4, 0.5) is 0 Å². The average Bonchev–Trinajstić information content (AvgIpc) is 2.91. The average molecular weight is 345 g/mol. The summed E-state index contributed by atoms with van der Waals surface area (Å²) in [7, 11) is -3.27. The number of H-pyrrole nitrogens is 1. The highest BCUT2D eigenvalue weighted by Crippen LogP contribution is 2.34. The van der Waals surface area contributed by atoms with Crippen LogP contribution in [0, 0.1) is 4.77 Å². The Morgan fingerprint density at radius 3 is 2.90 bits per heavy atom. The summed E-state index contributed by atoms with van der Waals surface area (Å²) in [6.07, 6.45) is 4.12. The Balaban J connectivity index is 2.03. The molecule has 1 aliphatic carbocycles. The van der Waals surface area contributed by atoms with Crippen LogP contribution in [0.15, 0.2) is 4.79 Å². The van der Waals surface area contributed by atoms with E-state index in [-0.39, 0.29) is 18.6 Å². The summed E-state index contributed by atoms with van der Waals surface area (Å²) in [4.78, 5) is 17.8. The van der Waals surface area contributed by atoms with Gasteiger partial charge in [-0.05, 0) is 37.0 Å². The zero-order valence-electron chi connectivity index (χ0n) is 11.4. The molecule has 114 valence electrons. The molecule has 0 aliphatic heterocycles. The van der Waals surface area contributed by atoms with Crippen molar-refractivity contribution in [1.29, 1.82) is 0 Å². The molecule has 0 aromatic carbocycles. The van der Waals surface area contributed by atoms with Crippen LogP contribution >= 0.6 is 23.6 Å². The van der Waals surface area contributed by atoms with Crippen LogP contribution in [-0.4, -0.2) is 30.8 Å². The molecular weight excluding hydrogens is 330 g/mol. The summed E-state index contributed by atoms with van der Waals surface area (Å²) in [5.74, 6) is 0. The van der Waals surface area contributed by atoms with Crippen molar-refractivity contribution < 1.29 is 8.42 Å². The van der Waals surface area contributed by atoms with Gasteiger partial charge >= 0.3 is 0 Å². The maximum absolute atomic E-state index is 12.6. The van der Waals surface area contributed by atoms with Gasteiger partial charge in [0.05, 0.1) is 11.6 Å². The van der Waals surface area contributed by atoms with Crippen LogP contribution in [0.25, 0.3) is 10.2 Å². The van der Waals surface area contributed by atoms with Crippen molar-refractivity contribution in [3.63, 3.8) is 0 Å². The summed E-state index contributed by atoms with van der Waals surface area (Å²) >= 11 is 6.82. The third-order valence-electron chi connectivity index (χ3n) is 3.55. The first-order chi connectivity index (χ1) is 9.87. The van der Waals surface area contributed by atoms with E-state index < -0.39 is 10.0 Å². The van der Waals surface area contributed by atoms with E-state index in [1.165, 1.54) is 9.44 Å². The highest BCUT2D eigenvalue weighted by molar-refractivity contribution is 7.88. The first kappa shape index (κ1) is 14.9. The molecule has 0 radical (unpaired) electrons. The summed E-state index contributed by atoms with van der Waals surface area (Å²) in [6, 6.07) is 0. The lowest BCUT2D eigenvalue weighted by Gasteiger charge is -2.07. The molecule has 2 aromatic rings. The van der Waals surface area contributed by atoms with E-state index in [2.05, 4.69) is 9.71 Å². The fourth-order valence-electron chi connectivity index (χ4n) is 2.66. The van der Waals surface area contributed by atoms with Crippen molar-refractivity contribution in [2.24, 2.45) is 0 Å². The minimum absolute atomic E-state index is 0.122. The molecule has 3 rings (SSSR count). The number of nitrogens with one attached hydrogen (secondary N) is 2. The predicted octanol–water partition coefficient (Wildman–Crippen LogP) is 1.16. The Hall–Kier alpha value is -1.03. The molecule has 0 fully saturated rings. The van der Waals surface area contributed by atoms with Crippen molar-refractivity contribution in [2.75, 3.05) is 12.8 Å². The third-order valence-corrected chi connectivity index (χ3v) is 5.80. The van der Waals surface area contributed by atoms with Crippen LogP contribution in [0.2, 0.25) is 0 Å². The second kappa shape index (κ2) is 5.31. The van der Waals surface area contributed by atoms with E-state index in [9.17, 15) is 13.2 Å². The molecule has 0 saturated carbocycles. The molecule has 2 N–H and O–H groups in total. The minimum atomic E-state index is -3.27. The van der Waals surface area contributed by atoms with Gasteiger partial charge in [0.25, 0.3) is 5.56 Å². The zero-order valence-corrected chi connectivity index (χ0v) is 13.9. The van der Waals surface area contributed by atoms with Gasteiger partial charge in [0.2, 0.25) is 10.0 Å². The number of sulfonamides is 1. The molecule has 1 aliphatic rings. The van der Waals surface area contributed by atoms with Gasteiger partial charge in [-0.15, -0.1) is 11.3 Å². The van der Waals surface area contributed by atoms with E-state index in [0.717, 1.165) is 41.3 Å². The number of aryl methyl sites for hydroxylation is 2. The topological polar surface area (TPSA) is 84.0 Å². The molecule has 0 spiro atoms. The number of aromatic amines is 1. The lowest BCUT2D eigenvalue weighted by Crippen LogP contribution is -2.31. The molecule has 21 heavy (non-hydrogen) atoms. The molecule has 0 bridgehead atoms. The summed E-state index contributed by atoms with van der Waals surface area (Å²) in [5, 5.41) is 0.723. The van der Waals surface area contributed by atoms with Crippen molar-refractivity contribution in [3.8, 4) is 0 Å². The van der Waals surface area contributed by atoms with E-state index >= 15 is 0 Å². The van der Waals surface area contributed by atoms with Crippen LogP contribution in [0.5, 0.6) is 0 Å². The highest BCUT2D eigenvalue weighted by Gasteiger charge is 2.21. The van der Waals surface area contributed by atoms with Crippen LogP contribution in [0.1, 0.15) is 16.9 Å². The Morgan fingerprint density at radius 1 is 1.43 bits per heavy atom. The van der Waals surface area contributed by atoms with Gasteiger partial charge < -0.3 is 4.98 Å². The number of fused-ring (bicyclic) bond motifs is 3. The molecule has 0 amide bonds. The van der Waals surface area contributed by atoms with E-state index in [1.807, 2.05) is 0 Å².